The van der Waals surface area contributed by atoms with Gasteiger partial charge in [0.1, 0.15) is 5.15 Å². The van der Waals surface area contributed by atoms with Crippen LogP contribution in [0.1, 0.15) is 0 Å². The molecule has 0 unspecified atom stereocenters. The van der Waals surface area contributed by atoms with Crippen molar-refractivity contribution in [3.8, 4) is 11.1 Å². The van der Waals surface area contributed by atoms with Crippen molar-refractivity contribution in [2.75, 3.05) is 0 Å². The molecule has 0 N–H and O–H groups in total. The second-order valence-electron chi connectivity index (χ2n) is 3.29. The van der Waals surface area contributed by atoms with Crippen molar-refractivity contribution in [2.45, 2.75) is 0 Å². The Hall–Kier alpha value is -1.47. The lowest BCUT2D eigenvalue weighted by Crippen LogP contribution is -2.05. The van der Waals surface area contributed by atoms with E-state index in [1.165, 1.54) is 0 Å². The lowest BCUT2D eigenvalue weighted by atomic mass is 10.1. The van der Waals surface area contributed by atoms with Crippen LogP contribution in [-0.2, 0) is 0 Å². The van der Waals surface area contributed by atoms with Crippen LogP contribution < -0.4 is 0 Å². The molecule has 0 aliphatic rings. The van der Waals surface area contributed by atoms with Gasteiger partial charge in [0.2, 0.25) is 11.1 Å². The van der Waals surface area contributed by atoms with E-state index in [1.54, 1.807) is 0 Å². The van der Waals surface area contributed by atoms with Gasteiger partial charge in [-0.05, 0) is 11.6 Å². The fraction of sp³-hybridized carbons (Fsp3) is 0. The quantitative estimate of drug-likeness (QED) is 0.260. The van der Waals surface area contributed by atoms with Crippen LogP contribution in [0.25, 0.3) is 11.1 Å². The molecule has 0 aliphatic carbocycles. The van der Waals surface area contributed by atoms with Gasteiger partial charge in [-0.2, -0.15) is 0 Å². The van der Waals surface area contributed by atoms with Gasteiger partial charge >= 0.3 is 0 Å². The summed E-state index contributed by atoms with van der Waals surface area (Å²) in [5.74, 6) is -10.5. The minimum atomic E-state index is -2.26. The van der Waals surface area contributed by atoms with E-state index in [4.69, 9.17) is 23.2 Å². The molecule has 0 spiro atoms. The molecule has 0 bridgehead atoms. The predicted octanol–water partition coefficient (Wildman–Crippen LogP) is 4.15. The minimum Gasteiger partial charge on any atom is -0.226 e. The third kappa shape index (κ3) is 2.23. The summed E-state index contributed by atoms with van der Waals surface area (Å²) in [5.41, 5.74) is -1.77. The molecule has 2 aromatic rings. The Kier molecular flexibility index (Phi) is 3.60. The summed E-state index contributed by atoms with van der Waals surface area (Å²) in [6, 6.07) is 0. The van der Waals surface area contributed by atoms with E-state index in [-0.39, 0.29) is 5.28 Å². The lowest BCUT2D eigenvalue weighted by Gasteiger charge is -2.09. The largest absolute Gasteiger partial charge is 0.226 e. The van der Waals surface area contributed by atoms with Gasteiger partial charge in [-0.3, -0.25) is 0 Å². The zero-order chi connectivity index (χ0) is 14.3. The highest BCUT2D eigenvalue weighted by atomic mass is 35.5. The van der Waals surface area contributed by atoms with Crippen molar-refractivity contribution in [3.05, 3.63) is 45.7 Å². The fourth-order valence-corrected chi connectivity index (χ4v) is 1.75. The molecule has 1 aromatic carbocycles. The van der Waals surface area contributed by atoms with Gasteiger partial charge in [0, 0.05) is 11.8 Å². The zero-order valence-corrected chi connectivity index (χ0v) is 10.1. The Morgan fingerprint density at radius 3 is 1.74 bits per heavy atom. The highest BCUT2D eigenvalue weighted by molar-refractivity contribution is 6.33. The predicted molar refractivity (Wildman–Crippen MR) is 57.3 cm³/mol. The standard InChI is InChI=1S/C10HCl2F5N2/c11-9-2(1-18-10(12)19-9)3-4(13)6(15)8(17)7(16)5(3)14/h1H. The smallest absolute Gasteiger partial charge is 0.223 e. The van der Waals surface area contributed by atoms with Gasteiger partial charge < -0.3 is 0 Å². The van der Waals surface area contributed by atoms with Crippen molar-refractivity contribution < 1.29 is 22.0 Å². The minimum absolute atomic E-state index is 0.336. The topological polar surface area (TPSA) is 25.8 Å². The molecule has 0 amide bonds. The second kappa shape index (κ2) is 4.90. The maximum atomic E-state index is 13.5. The first-order valence-electron chi connectivity index (χ1n) is 4.54. The number of rotatable bonds is 1. The Labute approximate surface area is 112 Å². The lowest BCUT2D eigenvalue weighted by molar-refractivity contribution is 0.381. The van der Waals surface area contributed by atoms with Crippen molar-refractivity contribution in [2.24, 2.45) is 0 Å². The summed E-state index contributed by atoms with van der Waals surface area (Å²) in [7, 11) is 0. The Morgan fingerprint density at radius 2 is 1.26 bits per heavy atom. The van der Waals surface area contributed by atoms with Crippen LogP contribution in [0.5, 0.6) is 0 Å². The molecule has 0 saturated carbocycles. The van der Waals surface area contributed by atoms with Gasteiger partial charge in [-0.15, -0.1) is 0 Å². The summed E-state index contributed by atoms with van der Waals surface area (Å²) in [4.78, 5) is 6.74. The van der Waals surface area contributed by atoms with Gasteiger partial charge in [-0.25, -0.2) is 31.9 Å². The van der Waals surface area contributed by atoms with E-state index in [1.807, 2.05) is 0 Å². The van der Waals surface area contributed by atoms with Gasteiger partial charge in [-0.1, -0.05) is 11.6 Å². The molecule has 0 saturated heterocycles. The first kappa shape index (κ1) is 14.0. The summed E-state index contributed by atoms with van der Waals surface area (Å²) in [6.45, 7) is 0. The molecule has 100 valence electrons. The van der Waals surface area contributed by atoms with Gasteiger partial charge in [0.05, 0.1) is 5.56 Å². The SMILES string of the molecule is Fc1c(F)c(F)c(-c2cnc(Cl)nc2Cl)c(F)c1F. The molecule has 0 aliphatic heterocycles. The average molecular weight is 315 g/mol. The third-order valence-corrected chi connectivity index (χ3v) is 2.66. The van der Waals surface area contributed by atoms with Crippen LogP contribution in [0, 0.1) is 29.1 Å². The number of halogens is 7. The zero-order valence-electron chi connectivity index (χ0n) is 8.62. The summed E-state index contributed by atoms with van der Waals surface area (Å²) in [5, 5.41) is -0.874. The number of aromatic nitrogens is 2. The molecule has 2 rings (SSSR count). The molecule has 1 heterocycles. The number of nitrogens with zero attached hydrogens (tertiary/aromatic N) is 2. The Morgan fingerprint density at radius 1 is 0.789 bits per heavy atom. The molecule has 0 radical (unpaired) electrons. The van der Waals surface area contributed by atoms with Crippen LogP contribution in [0.2, 0.25) is 10.4 Å². The van der Waals surface area contributed by atoms with E-state index in [0.29, 0.717) is 0 Å². The van der Waals surface area contributed by atoms with E-state index >= 15 is 0 Å². The highest BCUT2D eigenvalue weighted by Gasteiger charge is 2.28. The summed E-state index contributed by atoms with van der Waals surface area (Å²) >= 11 is 10.9. The maximum Gasteiger partial charge on any atom is 0.223 e. The van der Waals surface area contributed by atoms with Gasteiger partial charge in [0.15, 0.2) is 23.3 Å². The summed E-state index contributed by atoms with van der Waals surface area (Å²) < 4.78 is 65.9. The number of benzene rings is 1. The van der Waals surface area contributed by atoms with Crippen molar-refractivity contribution in [1.29, 1.82) is 0 Å². The maximum absolute atomic E-state index is 13.5. The summed E-state index contributed by atoms with van der Waals surface area (Å²) in [6.07, 6.45) is 0.760. The van der Waals surface area contributed by atoms with E-state index in [0.717, 1.165) is 6.20 Å². The van der Waals surface area contributed by atoms with Crippen LogP contribution in [0.15, 0.2) is 6.20 Å². The fourth-order valence-electron chi connectivity index (χ4n) is 1.35. The Balaban J connectivity index is 2.83. The first-order valence-corrected chi connectivity index (χ1v) is 5.30. The highest BCUT2D eigenvalue weighted by Crippen LogP contribution is 2.34. The number of hydrogen-bond donors (Lipinski definition) is 0. The van der Waals surface area contributed by atoms with Crippen LogP contribution in [0.4, 0.5) is 22.0 Å². The van der Waals surface area contributed by atoms with E-state index < -0.39 is 45.4 Å². The molecular formula is C10HCl2F5N2. The second-order valence-corrected chi connectivity index (χ2v) is 3.98. The van der Waals surface area contributed by atoms with E-state index in [9.17, 15) is 22.0 Å². The molecule has 1 aromatic heterocycles. The molecule has 2 nitrogen and oxygen atoms in total. The average Bonchev–Trinajstić information content (AvgIpc) is 2.37. The van der Waals surface area contributed by atoms with Gasteiger partial charge in [0.25, 0.3) is 0 Å². The third-order valence-electron chi connectivity index (χ3n) is 2.19. The first-order chi connectivity index (χ1) is 8.84. The van der Waals surface area contributed by atoms with Crippen LogP contribution in [-0.4, -0.2) is 9.97 Å². The molecular weight excluding hydrogens is 314 g/mol. The van der Waals surface area contributed by atoms with Crippen molar-refractivity contribution in [1.82, 2.24) is 9.97 Å². The molecule has 9 heteroatoms. The molecule has 0 atom stereocenters. The Bertz CT molecular complexity index is 648. The molecule has 0 fully saturated rings. The molecule has 19 heavy (non-hydrogen) atoms. The van der Waals surface area contributed by atoms with Crippen molar-refractivity contribution >= 4 is 23.2 Å². The van der Waals surface area contributed by atoms with E-state index in [2.05, 4.69) is 9.97 Å². The van der Waals surface area contributed by atoms with Crippen LogP contribution >= 0.6 is 23.2 Å². The van der Waals surface area contributed by atoms with Crippen molar-refractivity contribution in [3.63, 3.8) is 0 Å². The number of hydrogen-bond acceptors (Lipinski definition) is 2. The normalized spacial score (nSPS) is 10.9. The van der Waals surface area contributed by atoms with Crippen LogP contribution in [0.3, 0.4) is 0 Å². The monoisotopic (exact) mass is 314 g/mol.